The fourth-order valence-electron chi connectivity index (χ4n) is 3.64. The largest absolute Gasteiger partial charge is 0.416 e. The number of hydrogen-bond donors (Lipinski definition) is 1. The molecule has 1 N–H and O–H groups in total. The van der Waals surface area contributed by atoms with Gasteiger partial charge in [-0.25, -0.2) is 4.98 Å². The number of benzene rings is 2. The number of rotatable bonds is 4. The Morgan fingerprint density at radius 3 is 2.48 bits per heavy atom. The van der Waals surface area contributed by atoms with E-state index in [1.807, 2.05) is 25.2 Å². The van der Waals surface area contributed by atoms with Crippen molar-refractivity contribution in [2.75, 3.05) is 11.9 Å². The van der Waals surface area contributed by atoms with Crippen molar-refractivity contribution in [3.8, 4) is 11.3 Å². The lowest BCUT2D eigenvalue weighted by Gasteiger charge is -2.23. The number of nitrogens with zero attached hydrogens (tertiary/aromatic N) is 2. The molecule has 0 saturated carbocycles. The summed E-state index contributed by atoms with van der Waals surface area (Å²) in [4.78, 5) is 22.4. The van der Waals surface area contributed by atoms with Gasteiger partial charge in [-0.3, -0.25) is 4.79 Å². The molecule has 0 saturated heterocycles. The van der Waals surface area contributed by atoms with E-state index in [0.717, 1.165) is 28.7 Å². The number of hydrogen-bond acceptors (Lipinski definition) is 3. The Labute approximate surface area is 177 Å². The zero-order valence-corrected chi connectivity index (χ0v) is 17.6. The van der Waals surface area contributed by atoms with Gasteiger partial charge in [0.15, 0.2) is 5.78 Å². The van der Waals surface area contributed by atoms with Crippen LogP contribution in [0.25, 0.3) is 33.2 Å². The molecule has 0 fully saturated rings. The zero-order valence-electron chi connectivity index (χ0n) is 17.6. The fraction of sp³-hybridized carbons (Fsp3) is 0.250. The van der Waals surface area contributed by atoms with Gasteiger partial charge < -0.3 is 9.88 Å². The molecular weight excluding hydrogens is 403 g/mol. The average Bonchev–Trinajstić information content (AvgIpc) is 3.09. The topological polar surface area (TPSA) is 49.0 Å². The maximum atomic E-state index is 13.2. The third-order valence-corrected chi connectivity index (χ3v) is 5.58. The van der Waals surface area contributed by atoms with Crippen LogP contribution in [0.2, 0.25) is 0 Å². The van der Waals surface area contributed by atoms with E-state index in [1.54, 1.807) is 12.1 Å². The minimum Gasteiger partial charge on any atom is -0.372 e. The van der Waals surface area contributed by atoms with Gasteiger partial charge in [-0.2, -0.15) is 13.2 Å². The van der Waals surface area contributed by atoms with E-state index in [-0.39, 0.29) is 5.78 Å². The SMILES string of the molecule is CC(=O)c1cc(-c2cccc(C(F)(F)F)c2)nc2c1[nH]c1cc(N(C)C(C)C)ccc12. The first-order chi connectivity index (χ1) is 14.6. The third kappa shape index (κ3) is 3.76. The summed E-state index contributed by atoms with van der Waals surface area (Å²) in [6.07, 6.45) is -4.46. The van der Waals surface area contributed by atoms with Crippen LogP contribution in [0.5, 0.6) is 0 Å². The van der Waals surface area contributed by atoms with Crippen LogP contribution in [-0.2, 0) is 6.18 Å². The van der Waals surface area contributed by atoms with Crippen LogP contribution in [-0.4, -0.2) is 28.8 Å². The molecule has 0 bridgehead atoms. The molecule has 0 aliphatic heterocycles. The molecule has 0 radical (unpaired) electrons. The summed E-state index contributed by atoms with van der Waals surface area (Å²) in [6, 6.07) is 12.7. The molecule has 4 rings (SSSR count). The molecule has 2 aromatic heterocycles. The van der Waals surface area contributed by atoms with Crippen molar-refractivity contribution in [2.24, 2.45) is 0 Å². The maximum absolute atomic E-state index is 13.2. The lowest BCUT2D eigenvalue weighted by molar-refractivity contribution is -0.137. The number of nitrogens with one attached hydrogen (secondary N) is 1. The van der Waals surface area contributed by atoms with Crippen LogP contribution in [0.15, 0.2) is 48.5 Å². The molecule has 2 heterocycles. The summed E-state index contributed by atoms with van der Waals surface area (Å²) < 4.78 is 39.5. The van der Waals surface area contributed by atoms with Crippen molar-refractivity contribution in [3.05, 3.63) is 59.7 Å². The predicted octanol–water partition coefficient (Wildman–Crippen LogP) is 6.45. The van der Waals surface area contributed by atoms with E-state index in [4.69, 9.17) is 0 Å². The third-order valence-electron chi connectivity index (χ3n) is 5.58. The molecular formula is C24H22F3N3O. The number of aromatic nitrogens is 2. The molecule has 0 aliphatic carbocycles. The molecule has 0 amide bonds. The highest BCUT2D eigenvalue weighted by Gasteiger charge is 2.30. The molecule has 4 nitrogen and oxygen atoms in total. The Balaban J connectivity index is 1.95. The molecule has 4 aromatic rings. The summed E-state index contributed by atoms with van der Waals surface area (Å²) >= 11 is 0. The minimum absolute atomic E-state index is 0.188. The highest BCUT2D eigenvalue weighted by molar-refractivity contribution is 6.14. The molecule has 0 atom stereocenters. The number of pyridine rings is 1. The number of fused-ring (bicyclic) bond motifs is 3. The molecule has 160 valence electrons. The van der Waals surface area contributed by atoms with Crippen molar-refractivity contribution >= 4 is 33.4 Å². The number of H-pyrrole nitrogens is 1. The Bertz CT molecular complexity index is 1300. The maximum Gasteiger partial charge on any atom is 0.416 e. The van der Waals surface area contributed by atoms with E-state index < -0.39 is 11.7 Å². The monoisotopic (exact) mass is 425 g/mol. The standard InChI is InChI=1S/C24H22F3N3O/c1-13(2)30(4)17-8-9-18-21(11-17)29-23-19(14(3)31)12-20(28-22(18)23)15-6-5-7-16(10-15)24(25,26)27/h5-13,29H,1-4H3. The number of carbonyl (C=O) groups excluding carboxylic acids is 1. The number of halogens is 3. The van der Waals surface area contributed by atoms with Gasteiger partial charge in [0.2, 0.25) is 0 Å². The second-order valence-electron chi connectivity index (χ2n) is 7.97. The fourth-order valence-corrected chi connectivity index (χ4v) is 3.64. The van der Waals surface area contributed by atoms with Gasteiger partial charge in [-0.1, -0.05) is 12.1 Å². The van der Waals surface area contributed by atoms with E-state index >= 15 is 0 Å². The van der Waals surface area contributed by atoms with Crippen LogP contribution in [0.3, 0.4) is 0 Å². The van der Waals surface area contributed by atoms with Crippen LogP contribution >= 0.6 is 0 Å². The van der Waals surface area contributed by atoms with Crippen LogP contribution in [0.4, 0.5) is 18.9 Å². The van der Waals surface area contributed by atoms with Crippen molar-refractivity contribution in [1.82, 2.24) is 9.97 Å². The number of carbonyl (C=O) groups is 1. The van der Waals surface area contributed by atoms with Gasteiger partial charge in [-0.05, 0) is 57.2 Å². The van der Waals surface area contributed by atoms with E-state index in [9.17, 15) is 18.0 Å². The Morgan fingerprint density at radius 1 is 1.10 bits per heavy atom. The number of Topliss-reactive ketones (excluding diaryl/α,β-unsaturated/α-hetero) is 1. The molecule has 0 unspecified atom stereocenters. The van der Waals surface area contributed by atoms with Crippen molar-refractivity contribution in [1.29, 1.82) is 0 Å². The lowest BCUT2D eigenvalue weighted by atomic mass is 10.0. The summed E-state index contributed by atoms with van der Waals surface area (Å²) in [6.45, 7) is 5.62. The summed E-state index contributed by atoms with van der Waals surface area (Å²) in [5.41, 5.74) is 3.26. The van der Waals surface area contributed by atoms with Crippen molar-refractivity contribution in [2.45, 2.75) is 33.0 Å². The normalized spacial score (nSPS) is 12.1. The average molecular weight is 425 g/mol. The van der Waals surface area contributed by atoms with Gasteiger partial charge in [-0.15, -0.1) is 0 Å². The Morgan fingerprint density at radius 2 is 1.84 bits per heavy atom. The number of ketones is 1. The number of aromatic amines is 1. The van der Waals surface area contributed by atoms with Gasteiger partial charge in [0.1, 0.15) is 0 Å². The highest BCUT2D eigenvalue weighted by atomic mass is 19.4. The minimum atomic E-state index is -4.46. The summed E-state index contributed by atoms with van der Waals surface area (Å²) in [5, 5.41) is 0.812. The van der Waals surface area contributed by atoms with Gasteiger partial charge in [0, 0.05) is 35.3 Å². The van der Waals surface area contributed by atoms with Gasteiger partial charge in [0.25, 0.3) is 0 Å². The van der Waals surface area contributed by atoms with E-state index in [1.165, 1.54) is 13.0 Å². The first-order valence-electron chi connectivity index (χ1n) is 9.94. The second kappa shape index (κ2) is 7.41. The van der Waals surface area contributed by atoms with E-state index in [2.05, 4.69) is 28.7 Å². The van der Waals surface area contributed by atoms with Gasteiger partial charge >= 0.3 is 6.18 Å². The Kier molecular flexibility index (Phi) is 5.00. The van der Waals surface area contributed by atoms with Crippen LogP contribution in [0, 0.1) is 0 Å². The predicted molar refractivity (Wildman–Crippen MR) is 118 cm³/mol. The highest BCUT2D eigenvalue weighted by Crippen LogP contribution is 2.35. The lowest BCUT2D eigenvalue weighted by Crippen LogP contribution is -2.25. The molecule has 31 heavy (non-hydrogen) atoms. The molecule has 0 spiro atoms. The van der Waals surface area contributed by atoms with Crippen LogP contribution in [0.1, 0.15) is 36.7 Å². The number of anilines is 1. The zero-order chi connectivity index (χ0) is 22.5. The van der Waals surface area contributed by atoms with Gasteiger partial charge in [0.05, 0.1) is 27.8 Å². The quantitative estimate of drug-likeness (QED) is 0.382. The van der Waals surface area contributed by atoms with E-state index in [0.29, 0.717) is 33.9 Å². The smallest absolute Gasteiger partial charge is 0.372 e. The molecule has 0 aliphatic rings. The van der Waals surface area contributed by atoms with Crippen LogP contribution < -0.4 is 4.90 Å². The van der Waals surface area contributed by atoms with Crippen molar-refractivity contribution in [3.63, 3.8) is 0 Å². The summed E-state index contributed by atoms with van der Waals surface area (Å²) in [5.74, 6) is -0.188. The van der Waals surface area contributed by atoms with Crippen molar-refractivity contribution < 1.29 is 18.0 Å². The first kappa shape index (κ1) is 20.9. The second-order valence-corrected chi connectivity index (χ2v) is 7.97. The summed E-state index contributed by atoms with van der Waals surface area (Å²) in [7, 11) is 2.00. The Hall–Kier alpha value is -3.35. The molecule has 7 heteroatoms. The number of alkyl halides is 3. The first-order valence-corrected chi connectivity index (χ1v) is 9.94. The molecule has 2 aromatic carbocycles.